The number of anilines is 1. The normalized spacial score (nSPS) is 17.4. The highest BCUT2D eigenvalue weighted by atomic mass is 28.4. The van der Waals surface area contributed by atoms with Gasteiger partial charge < -0.3 is 9.74 Å². The topological polar surface area (TPSA) is 94.3 Å². The number of nitrogens with one attached hydrogen (secondary N) is 1. The molecule has 194 valence electrons. The molecular weight excluding hydrogens is 494 g/mol. The maximum absolute atomic E-state index is 13.3. The van der Waals surface area contributed by atoms with Crippen LogP contribution in [0.1, 0.15) is 38.4 Å². The average Bonchev–Trinajstić information content (AvgIpc) is 3.21. The van der Waals surface area contributed by atoms with Crippen molar-refractivity contribution >= 4 is 36.6 Å². The summed E-state index contributed by atoms with van der Waals surface area (Å²) in [4.78, 5) is 25.5. The van der Waals surface area contributed by atoms with Gasteiger partial charge in [-0.2, -0.15) is 5.10 Å². The van der Waals surface area contributed by atoms with Crippen LogP contribution in [0.2, 0.25) is 18.1 Å². The van der Waals surface area contributed by atoms with Crippen molar-refractivity contribution < 1.29 is 18.0 Å². The number of rotatable bonds is 6. The van der Waals surface area contributed by atoms with Crippen LogP contribution in [0.25, 0.3) is 27.7 Å². The van der Waals surface area contributed by atoms with Crippen LogP contribution in [0.5, 0.6) is 0 Å². The van der Waals surface area contributed by atoms with Crippen LogP contribution >= 0.6 is 0 Å². The van der Waals surface area contributed by atoms with E-state index in [-0.39, 0.29) is 10.9 Å². The van der Waals surface area contributed by atoms with E-state index in [1.807, 2.05) is 25.3 Å². The highest BCUT2D eigenvalue weighted by Crippen LogP contribution is 2.49. The second-order valence-electron chi connectivity index (χ2n) is 11.2. The van der Waals surface area contributed by atoms with Gasteiger partial charge in [0.15, 0.2) is 14.0 Å². The number of halogens is 2. The fraction of sp³-hybridized carbons (Fsp3) is 0.423. The van der Waals surface area contributed by atoms with Gasteiger partial charge in [-0.1, -0.05) is 20.8 Å². The highest BCUT2D eigenvalue weighted by Gasteiger charge is 2.61. The molecule has 8 nitrogen and oxygen atoms in total. The van der Waals surface area contributed by atoms with Gasteiger partial charge >= 0.3 is 0 Å². The van der Waals surface area contributed by atoms with Crippen molar-refractivity contribution in [3.8, 4) is 11.1 Å². The first-order valence-corrected chi connectivity index (χ1v) is 15.1. The molecule has 11 heteroatoms. The third kappa shape index (κ3) is 4.73. The molecule has 1 aliphatic rings. The Hall–Kier alpha value is -3.31. The Morgan fingerprint density at radius 3 is 2.54 bits per heavy atom. The van der Waals surface area contributed by atoms with E-state index in [0.29, 0.717) is 17.8 Å². The summed E-state index contributed by atoms with van der Waals surface area (Å²) in [5, 5.41) is 7.72. The molecule has 1 amide bonds. The predicted octanol–water partition coefficient (Wildman–Crippen LogP) is 5.76. The van der Waals surface area contributed by atoms with Crippen LogP contribution in [0, 0.1) is 12.8 Å². The Morgan fingerprint density at radius 1 is 1.16 bits per heavy atom. The zero-order valence-corrected chi connectivity index (χ0v) is 22.8. The summed E-state index contributed by atoms with van der Waals surface area (Å²) in [5.41, 5.74) is 4.89. The van der Waals surface area contributed by atoms with Gasteiger partial charge in [0.1, 0.15) is 18.1 Å². The lowest BCUT2D eigenvalue weighted by Crippen LogP contribution is -2.40. The fourth-order valence-electron chi connectivity index (χ4n) is 4.00. The van der Waals surface area contributed by atoms with Gasteiger partial charge in [0, 0.05) is 41.4 Å². The van der Waals surface area contributed by atoms with Gasteiger partial charge in [-0.05, 0) is 42.8 Å². The predicted molar refractivity (Wildman–Crippen MR) is 140 cm³/mol. The van der Waals surface area contributed by atoms with E-state index in [1.165, 1.54) is 6.33 Å². The Kier molecular flexibility index (Phi) is 5.91. The molecule has 1 N–H and O–H groups in total. The molecule has 1 fully saturated rings. The molecule has 1 atom stereocenters. The lowest BCUT2D eigenvalue weighted by atomic mass is 10.0. The number of hydrogen-bond donors (Lipinski definition) is 1. The van der Waals surface area contributed by atoms with Gasteiger partial charge in [-0.3, -0.25) is 9.78 Å². The summed E-state index contributed by atoms with van der Waals surface area (Å²) < 4.78 is 34.5. The molecule has 0 radical (unpaired) electrons. The Morgan fingerprint density at radius 2 is 1.89 bits per heavy atom. The van der Waals surface area contributed by atoms with Gasteiger partial charge in [-0.25, -0.2) is 23.3 Å². The SMILES string of the molecule is Cc1cc(CO[Si](C)(C)C(C)(C)C)ncc1-c1cc2cnc(NC(=O)[C@H]3CC3(F)F)cc2n2ncnc12. The first-order chi connectivity index (χ1) is 17.3. The third-order valence-corrected chi connectivity index (χ3v) is 11.9. The minimum absolute atomic E-state index is 0.117. The molecule has 0 aromatic carbocycles. The van der Waals surface area contributed by atoms with E-state index in [0.717, 1.165) is 27.8 Å². The number of carbonyl (C=O) groups excluding carboxylic acids is 1. The molecule has 0 spiro atoms. The Balaban J connectivity index is 1.45. The molecule has 0 unspecified atom stereocenters. The second kappa shape index (κ2) is 8.62. The molecule has 4 heterocycles. The summed E-state index contributed by atoms with van der Waals surface area (Å²) >= 11 is 0. The largest absolute Gasteiger partial charge is 0.411 e. The number of alkyl halides is 2. The van der Waals surface area contributed by atoms with E-state index in [4.69, 9.17) is 4.43 Å². The number of fused-ring (bicyclic) bond motifs is 3. The van der Waals surface area contributed by atoms with E-state index >= 15 is 0 Å². The van der Waals surface area contributed by atoms with Crippen molar-refractivity contribution in [1.82, 2.24) is 24.6 Å². The monoisotopic (exact) mass is 524 g/mol. The number of nitrogens with zero attached hydrogens (tertiary/aromatic N) is 5. The van der Waals surface area contributed by atoms with E-state index < -0.39 is 32.5 Å². The molecule has 0 saturated heterocycles. The fourth-order valence-corrected chi connectivity index (χ4v) is 4.94. The number of hydrogen-bond acceptors (Lipinski definition) is 6. The van der Waals surface area contributed by atoms with Gasteiger partial charge in [0.2, 0.25) is 5.91 Å². The van der Waals surface area contributed by atoms with E-state index in [1.54, 1.807) is 16.8 Å². The maximum Gasteiger partial charge on any atom is 0.260 e. The van der Waals surface area contributed by atoms with Crippen LogP contribution in [0.3, 0.4) is 0 Å². The summed E-state index contributed by atoms with van der Waals surface area (Å²) in [6, 6.07) is 5.60. The van der Waals surface area contributed by atoms with Crippen LogP contribution in [0.4, 0.5) is 14.6 Å². The van der Waals surface area contributed by atoms with Crippen molar-refractivity contribution in [2.24, 2.45) is 5.92 Å². The number of aromatic nitrogens is 5. The number of pyridine rings is 3. The minimum atomic E-state index is -2.94. The quantitative estimate of drug-likeness (QED) is 0.322. The summed E-state index contributed by atoms with van der Waals surface area (Å²) in [6.45, 7) is 13.6. The van der Waals surface area contributed by atoms with Crippen LogP contribution in [0.15, 0.2) is 36.9 Å². The van der Waals surface area contributed by atoms with Crippen molar-refractivity contribution in [2.45, 2.75) is 64.8 Å². The van der Waals surface area contributed by atoms with Crippen molar-refractivity contribution in [2.75, 3.05) is 5.32 Å². The third-order valence-electron chi connectivity index (χ3n) is 7.47. The molecule has 1 saturated carbocycles. The molecule has 5 rings (SSSR count). The first kappa shape index (κ1) is 25.3. The molecule has 0 aliphatic heterocycles. The standard InChI is InChI=1S/C26H30F2N6O2Si/c1-15-7-17(13-36-37(5,6)25(2,3)4)29-12-19(15)18-8-16-11-30-22(33-24(35)20-10-26(20,27)28)9-21(16)34-23(18)31-14-32-34/h7-9,11-12,14,20H,10,13H2,1-6H3,(H,30,33,35)/t20-/m1/s1. The smallest absolute Gasteiger partial charge is 0.260 e. The zero-order valence-electron chi connectivity index (χ0n) is 21.8. The highest BCUT2D eigenvalue weighted by molar-refractivity contribution is 6.74. The van der Waals surface area contributed by atoms with E-state index in [9.17, 15) is 13.6 Å². The molecule has 4 aromatic rings. The van der Waals surface area contributed by atoms with Crippen LogP contribution in [-0.2, 0) is 15.8 Å². The Labute approximate surface area is 214 Å². The molecular formula is C26H30F2N6O2Si. The van der Waals surface area contributed by atoms with Crippen LogP contribution < -0.4 is 5.32 Å². The van der Waals surface area contributed by atoms with Gasteiger partial charge in [-0.15, -0.1) is 0 Å². The lowest BCUT2D eigenvalue weighted by Gasteiger charge is -2.36. The van der Waals surface area contributed by atoms with Gasteiger partial charge in [0.25, 0.3) is 5.92 Å². The van der Waals surface area contributed by atoms with Gasteiger partial charge in [0.05, 0.1) is 17.8 Å². The number of amides is 1. The second-order valence-corrected chi connectivity index (χ2v) is 16.0. The van der Waals surface area contributed by atoms with E-state index in [2.05, 4.69) is 59.2 Å². The molecule has 37 heavy (non-hydrogen) atoms. The molecule has 0 bridgehead atoms. The molecule has 1 aliphatic carbocycles. The zero-order chi connectivity index (χ0) is 26.8. The number of aryl methyl sites for hydroxylation is 1. The Bertz CT molecular complexity index is 1530. The molecule has 4 aromatic heterocycles. The average molecular weight is 525 g/mol. The van der Waals surface area contributed by atoms with Crippen LogP contribution in [-0.4, -0.2) is 44.7 Å². The number of carbonyl (C=O) groups is 1. The lowest BCUT2D eigenvalue weighted by molar-refractivity contribution is -0.119. The van der Waals surface area contributed by atoms with Crippen molar-refractivity contribution in [3.63, 3.8) is 0 Å². The van der Waals surface area contributed by atoms with Crippen molar-refractivity contribution in [3.05, 3.63) is 48.2 Å². The van der Waals surface area contributed by atoms with Crippen molar-refractivity contribution in [1.29, 1.82) is 0 Å². The maximum atomic E-state index is 13.3. The minimum Gasteiger partial charge on any atom is -0.411 e. The summed E-state index contributed by atoms with van der Waals surface area (Å²) in [7, 11) is -1.90. The first-order valence-electron chi connectivity index (χ1n) is 12.2. The summed E-state index contributed by atoms with van der Waals surface area (Å²) in [6.07, 6.45) is 4.43. The summed E-state index contributed by atoms with van der Waals surface area (Å²) in [5.74, 6) is -4.78.